The molecular formula is C54H112N2O6P+. The van der Waals surface area contributed by atoms with Crippen molar-refractivity contribution in [2.75, 3.05) is 40.9 Å². The molecule has 0 aromatic heterocycles. The average Bonchev–Trinajstić information content (AvgIpc) is 3.24. The molecule has 0 aliphatic rings. The summed E-state index contributed by atoms with van der Waals surface area (Å²) in [7, 11) is 1.63. The van der Waals surface area contributed by atoms with Crippen molar-refractivity contribution in [3.8, 4) is 0 Å². The predicted octanol–water partition coefficient (Wildman–Crippen LogP) is 16.5. The number of rotatable bonds is 52. The van der Waals surface area contributed by atoms with Gasteiger partial charge in [-0.2, -0.15) is 0 Å². The number of aliphatic hydroxyl groups excluding tert-OH is 1. The zero-order chi connectivity index (χ0) is 46.4. The second-order valence-corrected chi connectivity index (χ2v) is 22.1. The van der Waals surface area contributed by atoms with Gasteiger partial charge in [-0.25, -0.2) is 4.57 Å². The van der Waals surface area contributed by atoms with Crippen molar-refractivity contribution in [1.82, 2.24) is 5.32 Å². The second-order valence-electron chi connectivity index (χ2n) is 20.7. The fourth-order valence-electron chi connectivity index (χ4n) is 8.70. The summed E-state index contributed by atoms with van der Waals surface area (Å²) in [6.07, 6.45) is 54.8. The number of aliphatic hydroxyl groups is 1. The maximum absolute atomic E-state index is 12.8. The number of nitrogens with one attached hydrogen (secondary N) is 1. The summed E-state index contributed by atoms with van der Waals surface area (Å²) in [5.74, 6) is -0.145. The summed E-state index contributed by atoms with van der Waals surface area (Å²) >= 11 is 0. The van der Waals surface area contributed by atoms with Crippen LogP contribution in [0.5, 0.6) is 0 Å². The fraction of sp³-hybridized carbons (Fsp3) is 0.981. The average molecular weight is 916 g/mol. The number of likely N-dealkylation sites (N-methyl/N-ethyl adjacent to an activating group) is 1. The van der Waals surface area contributed by atoms with Gasteiger partial charge >= 0.3 is 7.82 Å². The number of hydrogen-bond donors (Lipinski definition) is 3. The van der Waals surface area contributed by atoms with Crippen LogP contribution >= 0.6 is 7.82 Å². The number of carbonyl (C=O) groups excluding carboxylic acids is 1. The molecule has 0 bridgehead atoms. The van der Waals surface area contributed by atoms with E-state index in [1.165, 1.54) is 225 Å². The van der Waals surface area contributed by atoms with Crippen LogP contribution in [0.25, 0.3) is 0 Å². The smallest absolute Gasteiger partial charge is 0.391 e. The van der Waals surface area contributed by atoms with E-state index < -0.39 is 20.0 Å². The van der Waals surface area contributed by atoms with Gasteiger partial charge < -0.3 is 19.8 Å². The highest BCUT2D eigenvalue weighted by atomic mass is 31.2. The molecular weight excluding hydrogens is 804 g/mol. The highest BCUT2D eigenvalue weighted by molar-refractivity contribution is 7.47. The molecule has 0 aromatic rings. The van der Waals surface area contributed by atoms with Gasteiger partial charge in [0, 0.05) is 6.42 Å². The lowest BCUT2D eigenvalue weighted by Crippen LogP contribution is -2.46. The largest absolute Gasteiger partial charge is 0.472 e. The number of phosphoric ester groups is 1. The number of nitrogens with zero attached hydrogens (tertiary/aromatic N) is 1. The molecule has 0 fully saturated rings. The first-order valence-corrected chi connectivity index (χ1v) is 29.4. The van der Waals surface area contributed by atoms with Crippen LogP contribution in [-0.4, -0.2) is 73.4 Å². The fourth-order valence-corrected chi connectivity index (χ4v) is 9.43. The SMILES string of the molecule is CCCCCCCCCCCCCCCCCCCCCCCCCCCCCCCCCCCC(O)C(COP(=O)(O)OCC[N+](C)(C)C)NC(=O)CCCCCCCCCC. The molecule has 3 atom stereocenters. The third-order valence-electron chi connectivity index (χ3n) is 13.1. The number of hydrogen-bond acceptors (Lipinski definition) is 5. The zero-order valence-electron chi connectivity index (χ0n) is 43.1. The molecule has 0 aliphatic carbocycles. The quantitative estimate of drug-likeness (QED) is 0.0319. The molecule has 3 unspecified atom stereocenters. The van der Waals surface area contributed by atoms with Gasteiger partial charge in [-0.1, -0.05) is 271 Å². The molecule has 0 saturated heterocycles. The van der Waals surface area contributed by atoms with E-state index in [0.29, 0.717) is 23.9 Å². The van der Waals surface area contributed by atoms with Crippen LogP contribution in [0.2, 0.25) is 0 Å². The summed E-state index contributed by atoms with van der Waals surface area (Å²) in [5, 5.41) is 14.0. The van der Waals surface area contributed by atoms with Gasteiger partial charge in [-0.15, -0.1) is 0 Å². The number of quaternary nitrogens is 1. The van der Waals surface area contributed by atoms with Crippen LogP contribution in [0.15, 0.2) is 0 Å². The minimum absolute atomic E-state index is 0.0784. The van der Waals surface area contributed by atoms with Gasteiger partial charge in [0.2, 0.25) is 5.91 Å². The summed E-state index contributed by atoms with van der Waals surface area (Å²) in [4.78, 5) is 23.1. The van der Waals surface area contributed by atoms with Gasteiger partial charge in [0.15, 0.2) is 0 Å². The first kappa shape index (κ1) is 62.5. The Morgan fingerprint density at radius 2 is 0.762 bits per heavy atom. The molecule has 0 heterocycles. The first-order valence-electron chi connectivity index (χ1n) is 27.9. The van der Waals surface area contributed by atoms with Crippen molar-refractivity contribution in [2.45, 2.75) is 302 Å². The van der Waals surface area contributed by atoms with E-state index in [2.05, 4.69) is 19.2 Å². The van der Waals surface area contributed by atoms with Gasteiger partial charge in [0.25, 0.3) is 0 Å². The Kier molecular flexibility index (Phi) is 46.2. The highest BCUT2D eigenvalue weighted by Crippen LogP contribution is 2.43. The molecule has 8 nitrogen and oxygen atoms in total. The molecule has 0 radical (unpaired) electrons. The van der Waals surface area contributed by atoms with Gasteiger partial charge in [-0.05, 0) is 12.8 Å². The Morgan fingerprint density at radius 1 is 0.476 bits per heavy atom. The standard InChI is InChI=1S/C54H111N2O6P/c1-6-8-10-12-14-16-17-18-19-20-21-22-23-24-25-26-27-28-29-30-31-32-33-34-35-36-37-38-39-40-41-43-45-47-53(57)52(51-62-63(59,60)61-50-49-56(3,4)5)55-54(58)48-46-44-42-15-13-11-9-7-2/h52-53,57H,6-51H2,1-5H3,(H-,55,58,59,60)/p+1. The van der Waals surface area contributed by atoms with Crippen LogP contribution < -0.4 is 5.32 Å². The molecule has 0 aromatic carbocycles. The van der Waals surface area contributed by atoms with Crippen molar-refractivity contribution in [1.29, 1.82) is 0 Å². The molecule has 0 aliphatic heterocycles. The first-order chi connectivity index (χ1) is 30.5. The number of unbranched alkanes of at least 4 members (excludes halogenated alkanes) is 39. The summed E-state index contributed by atoms with van der Waals surface area (Å²) in [6, 6.07) is -0.752. The summed E-state index contributed by atoms with van der Waals surface area (Å²) in [6.45, 7) is 4.89. The van der Waals surface area contributed by atoms with Crippen molar-refractivity contribution in [3.63, 3.8) is 0 Å². The zero-order valence-corrected chi connectivity index (χ0v) is 44.0. The van der Waals surface area contributed by atoms with Crippen molar-refractivity contribution < 1.29 is 32.9 Å². The maximum Gasteiger partial charge on any atom is 0.472 e. The minimum Gasteiger partial charge on any atom is -0.391 e. The lowest BCUT2D eigenvalue weighted by molar-refractivity contribution is -0.870. The molecule has 9 heteroatoms. The van der Waals surface area contributed by atoms with E-state index >= 15 is 0 Å². The highest BCUT2D eigenvalue weighted by Gasteiger charge is 2.28. The molecule has 0 spiro atoms. The van der Waals surface area contributed by atoms with Gasteiger partial charge in [0.1, 0.15) is 13.2 Å². The lowest BCUT2D eigenvalue weighted by atomic mass is 10.0. The third-order valence-corrected chi connectivity index (χ3v) is 14.1. The molecule has 63 heavy (non-hydrogen) atoms. The molecule has 1 amide bonds. The van der Waals surface area contributed by atoms with E-state index in [0.717, 1.165) is 38.5 Å². The van der Waals surface area contributed by atoms with E-state index in [9.17, 15) is 19.4 Å². The summed E-state index contributed by atoms with van der Waals surface area (Å²) < 4.78 is 23.6. The molecule has 3 N–H and O–H groups in total. The van der Waals surface area contributed by atoms with Crippen LogP contribution in [0.3, 0.4) is 0 Å². The molecule has 378 valence electrons. The van der Waals surface area contributed by atoms with Crippen LogP contribution in [-0.2, 0) is 18.4 Å². The molecule has 0 saturated carbocycles. The molecule has 0 rings (SSSR count). The van der Waals surface area contributed by atoms with Crippen molar-refractivity contribution in [3.05, 3.63) is 0 Å². The van der Waals surface area contributed by atoms with E-state index in [-0.39, 0.29) is 19.1 Å². The van der Waals surface area contributed by atoms with Gasteiger partial charge in [0.05, 0.1) is 39.9 Å². The maximum atomic E-state index is 12.8. The van der Waals surface area contributed by atoms with Crippen LogP contribution in [0, 0.1) is 0 Å². The Bertz CT molecular complexity index is 994. The normalized spacial score (nSPS) is 14.0. The Morgan fingerprint density at radius 3 is 1.06 bits per heavy atom. The Balaban J connectivity index is 3.84. The third kappa shape index (κ3) is 49.2. The Hall–Kier alpha value is -0.500. The van der Waals surface area contributed by atoms with Crippen molar-refractivity contribution in [2.24, 2.45) is 0 Å². The van der Waals surface area contributed by atoms with E-state index in [1.54, 1.807) is 0 Å². The lowest BCUT2D eigenvalue weighted by Gasteiger charge is -2.26. The second kappa shape index (κ2) is 46.6. The number of carbonyl (C=O) groups is 1. The Labute approximate surface area is 393 Å². The minimum atomic E-state index is -4.31. The van der Waals surface area contributed by atoms with Crippen LogP contribution in [0.1, 0.15) is 290 Å². The monoisotopic (exact) mass is 916 g/mol. The number of amides is 1. The van der Waals surface area contributed by atoms with Crippen molar-refractivity contribution >= 4 is 13.7 Å². The predicted molar refractivity (Wildman–Crippen MR) is 272 cm³/mol. The number of phosphoric acid groups is 1. The van der Waals surface area contributed by atoms with E-state index in [1.807, 2.05) is 21.1 Å². The summed E-state index contributed by atoms with van der Waals surface area (Å²) in [5.41, 5.74) is 0. The van der Waals surface area contributed by atoms with Gasteiger partial charge in [-0.3, -0.25) is 13.8 Å². The topological polar surface area (TPSA) is 105 Å². The van der Waals surface area contributed by atoms with E-state index in [4.69, 9.17) is 9.05 Å². The van der Waals surface area contributed by atoms with Crippen LogP contribution in [0.4, 0.5) is 0 Å².